The lowest BCUT2D eigenvalue weighted by Gasteiger charge is -2.37. The van der Waals surface area contributed by atoms with Crippen molar-refractivity contribution < 1.29 is 18.0 Å². The molecule has 3 rings (SSSR count). The van der Waals surface area contributed by atoms with Crippen LogP contribution >= 0.6 is 0 Å². The van der Waals surface area contributed by atoms with Gasteiger partial charge in [-0.05, 0) is 26.2 Å². The van der Waals surface area contributed by atoms with Gasteiger partial charge in [0.25, 0.3) is 0 Å². The number of amides is 1. The molecule has 2 aliphatic heterocycles. The van der Waals surface area contributed by atoms with E-state index in [0.29, 0.717) is 45.2 Å². The van der Waals surface area contributed by atoms with Crippen LogP contribution in [0.4, 0.5) is 13.2 Å². The third kappa shape index (κ3) is 6.34. The van der Waals surface area contributed by atoms with E-state index in [-0.39, 0.29) is 18.0 Å². The summed E-state index contributed by atoms with van der Waals surface area (Å²) in [6.07, 6.45) is 0.208. The maximum Gasteiger partial charge on any atom is 0.435 e. The molecule has 11 heteroatoms. The highest BCUT2D eigenvalue weighted by Gasteiger charge is 2.36. The smallest absolute Gasteiger partial charge is 0.357 e. The molecule has 174 valence electrons. The lowest BCUT2D eigenvalue weighted by atomic mass is 10.1. The molecule has 1 aromatic rings. The summed E-state index contributed by atoms with van der Waals surface area (Å²) >= 11 is 0. The van der Waals surface area contributed by atoms with Crippen LogP contribution < -0.4 is 5.32 Å². The second-order valence-electron chi connectivity index (χ2n) is 8.05. The normalized spacial score (nSPS) is 19.1. The fourth-order valence-corrected chi connectivity index (χ4v) is 4.03. The van der Waals surface area contributed by atoms with Crippen LogP contribution in [0.1, 0.15) is 37.4 Å². The summed E-state index contributed by atoms with van der Waals surface area (Å²) < 4.78 is 40.7. The van der Waals surface area contributed by atoms with Crippen molar-refractivity contribution in [2.75, 3.05) is 52.4 Å². The number of aromatic nitrogens is 2. The van der Waals surface area contributed by atoms with E-state index in [0.717, 1.165) is 25.9 Å². The first-order valence-electron chi connectivity index (χ1n) is 10.9. The van der Waals surface area contributed by atoms with Gasteiger partial charge in [-0.25, -0.2) is 4.99 Å². The van der Waals surface area contributed by atoms with E-state index in [1.807, 2.05) is 16.7 Å². The first-order valence-corrected chi connectivity index (χ1v) is 10.9. The minimum absolute atomic E-state index is 0.0520. The molecular formula is C20H32F3N7O. The van der Waals surface area contributed by atoms with Crippen molar-refractivity contribution >= 4 is 11.9 Å². The third-order valence-electron chi connectivity index (χ3n) is 5.65. The van der Waals surface area contributed by atoms with E-state index in [2.05, 4.69) is 20.3 Å². The molecule has 8 nitrogen and oxygen atoms in total. The summed E-state index contributed by atoms with van der Waals surface area (Å²) in [5.74, 6) is 0.770. The highest BCUT2D eigenvalue weighted by Crippen LogP contribution is 2.30. The number of rotatable bonds is 5. The number of carbonyl (C=O) groups is 1. The lowest BCUT2D eigenvalue weighted by molar-refractivity contribution is -0.142. The molecule has 0 bridgehead atoms. The van der Waals surface area contributed by atoms with Gasteiger partial charge in [0.05, 0.1) is 13.1 Å². The van der Waals surface area contributed by atoms with E-state index < -0.39 is 11.9 Å². The predicted octanol–water partition coefficient (Wildman–Crippen LogP) is 1.53. The zero-order valence-electron chi connectivity index (χ0n) is 18.3. The summed E-state index contributed by atoms with van der Waals surface area (Å²) in [5, 5.41) is 6.71. The van der Waals surface area contributed by atoms with Gasteiger partial charge in [0.1, 0.15) is 0 Å². The molecule has 0 saturated carbocycles. The average Bonchev–Trinajstić information content (AvgIpc) is 3.13. The van der Waals surface area contributed by atoms with Gasteiger partial charge in [0.2, 0.25) is 5.91 Å². The number of hydrogen-bond donors (Lipinski definition) is 1. The number of nitrogens with zero attached hydrogens (tertiary/aromatic N) is 6. The number of nitrogens with one attached hydrogen (secondary N) is 1. The molecule has 0 spiro atoms. The zero-order chi connectivity index (χ0) is 22.4. The predicted molar refractivity (Wildman–Crippen MR) is 111 cm³/mol. The van der Waals surface area contributed by atoms with E-state index in [1.165, 1.54) is 24.3 Å². The summed E-state index contributed by atoms with van der Waals surface area (Å²) in [7, 11) is 1.47. The Labute approximate surface area is 181 Å². The fraction of sp³-hybridized carbons (Fsp3) is 0.750. The number of piperazine rings is 1. The van der Waals surface area contributed by atoms with Gasteiger partial charge in [-0.1, -0.05) is 0 Å². The molecule has 2 fully saturated rings. The third-order valence-corrected chi connectivity index (χ3v) is 5.65. The van der Waals surface area contributed by atoms with Crippen molar-refractivity contribution in [3.63, 3.8) is 0 Å². The van der Waals surface area contributed by atoms with Gasteiger partial charge in [-0.2, -0.15) is 18.3 Å². The van der Waals surface area contributed by atoms with E-state index >= 15 is 0 Å². The Bertz CT molecular complexity index is 763. The number of carbonyl (C=O) groups excluding carboxylic acids is 1. The monoisotopic (exact) mass is 443 g/mol. The van der Waals surface area contributed by atoms with Crippen molar-refractivity contribution in [1.82, 2.24) is 29.8 Å². The van der Waals surface area contributed by atoms with E-state index in [1.54, 1.807) is 0 Å². The van der Waals surface area contributed by atoms with Crippen LogP contribution in [0.15, 0.2) is 11.2 Å². The SMILES string of the molecule is CCNC(=NCc1cn(C)nc1C(F)(F)F)N1CCN(CC(=O)N2CCCCC2)CC1. The molecule has 0 radical (unpaired) electrons. The summed E-state index contributed by atoms with van der Waals surface area (Å²) in [6.45, 7) is 7.32. The van der Waals surface area contributed by atoms with Gasteiger partial charge < -0.3 is 15.1 Å². The molecule has 0 unspecified atom stereocenters. The highest BCUT2D eigenvalue weighted by molar-refractivity contribution is 5.80. The lowest BCUT2D eigenvalue weighted by Crippen LogP contribution is -2.54. The van der Waals surface area contributed by atoms with Gasteiger partial charge in [-0.15, -0.1) is 0 Å². The van der Waals surface area contributed by atoms with Crippen LogP contribution in [0.25, 0.3) is 0 Å². The number of guanidine groups is 1. The second kappa shape index (κ2) is 10.3. The Balaban J connectivity index is 1.57. The van der Waals surface area contributed by atoms with E-state index in [4.69, 9.17) is 0 Å². The first-order chi connectivity index (χ1) is 14.8. The van der Waals surface area contributed by atoms with Gasteiger partial charge in [0.15, 0.2) is 11.7 Å². The molecule has 0 aliphatic carbocycles. The molecular weight excluding hydrogens is 411 g/mol. The fourth-order valence-electron chi connectivity index (χ4n) is 4.03. The standard InChI is InChI=1S/C20H32F3N7O/c1-3-24-19(25-13-16-14-27(2)26-18(16)20(21,22)23)30-11-9-28(10-12-30)15-17(31)29-7-5-4-6-8-29/h14H,3-13,15H2,1-2H3,(H,24,25). The molecule has 1 N–H and O–H groups in total. The molecule has 1 amide bonds. The molecule has 31 heavy (non-hydrogen) atoms. The molecule has 1 aromatic heterocycles. The van der Waals surface area contributed by atoms with Gasteiger partial charge in [-0.3, -0.25) is 14.4 Å². The van der Waals surface area contributed by atoms with Crippen LogP contribution in [-0.2, 0) is 24.6 Å². The molecule has 2 saturated heterocycles. The number of aliphatic imine (C=N–C) groups is 1. The van der Waals surface area contributed by atoms with Crippen molar-refractivity contribution in [3.8, 4) is 0 Å². The number of aryl methyl sites for hydroxylation is 1. The van der Waals surface area contributed by atoms with E-state index in [9.17, 15) is 18.0 Å². The number of hydrogen-bond acceptors (Lipinski definition) is 4. The highest BCUT2D eigenvalue weighted by atomic mass is 19.4. The Morgan fingerprint density at radius 2 is 1.77 bits per heavy atom. The summed E-state index contributed by atoms with van der Waals surface area (Å²) in [4.78, 5) is 23.1. The maximum atomic E-state index is 13.2. The molecule has 2 aliphatic rings. The van der Waals surface area contributed by atoms with Crippen LogP contribution in [0, 0.1) is 0 Å². The van der Waals surface area contributed by atoms with Crippen LogP contribution in [0.2, 0.25) is 0 Å². The minimum atomic E-state index is -4.50. The molecule has 3 heterocycles. The number of alkyl halides is 3. The average molecular weight is 444 g/mol. The molecule has 0 atom stereocenters. The largest absolute Gasteiger partial charge is 0.435 e. The van der Waals surface area contributed by atoms with Crippen molar-refractivity contribution in [2.24, 2.45) is 12.0 Å². The summed E-state index contributed by atoms with van der Waals surface area (Å²) in [5.41, 5.74) is -0.841. The first kappa shape index (κ1) is 23.4. The molecule has 0 aromatic carbocycles. The van der Waals surface area contributed by atoms with Crippen molar-refractivity contribution in [2.45, 2.75) is 38.9 Å². The maximum absolute atomic E-state index is 13.2. The number of piperidine rings is 1. The van der Waals surface area contributed by atoms with Crippen molar-refractivity contribution in [3.05, 3.63) is 17.5 Å². The Morgan fingerprint density at radius 1 is 1.10 bits per heavy atom. The number of halogens is 3. The summed E-state index contributed by atoms with van der Waals surface area (Å²) in [6, 6.07) is 0. The van der Waals surface area contributed by atoms with Gasteiger partial charge >= 0.3 is 6.18 Å². The van der Waals surface area contributed by atoms with Crippen LogP contribution in [0.3, 0.4) is 0 Å². The van der Waals surface area contributed by atoms with Crippen molar-refractivity contribution in [1.29, 1.82) is 0 Å². The Hall–Kier alpha value is -2.30. The number of likely N-dealkylation sites (tertiary alicyclic amines) is 1. The second-order valence-corrected chi connectivity index (χ2v) is 8.05. The van der Waals surface area contributed by atoms with Crippen LogP contribution in [-0.4, -0.2) is 88.7 Å². The Morgan fingerprint density at radius 3 is 2.39 bits per heavy atom. The minimum Gasteiger partial charge on any atom is -0.357 e. The Kier molecular flexibility index (Phi) is 7.79. The zero-order valence-corrected chi connectivity index (χ0v) is 18.3. The quantitative estimate of drug-likeness (QED) is 0.552. The van der Waals surface area contributed by atoms with Crippen LogP contribution in [0.5, 0.6) is 0 Å². The topological polar surface area (TPSA) is 69.0 Å². The van der Waals surface area contributed by atoms with Gasteiger partial charge in [0, 0.05) is 64.6 Å².